The van der Waals surface area contributed by atoms with Crippen LogP contribution in [-0.4, -0.2) is 15.3 Å². The summed E-state index contributed by atoms with van der Waals surface area (Å²) in [5.74, 6) is -0.197. The minimum atomic E-state index is -0.605. The first-order valence-electron chi connectivity index (χ1n) is 5.25. The van der Waals surface area contributed by atoms with Gasteiger partial charge in [0.05, 0.1) is 11.0 Å². The van der Waals surface area contributed by atoms with Gasteiger partial charge in [-0.15, -0.1) is 0 Å². The Morgan fingerprint density at radius 2 is 1.89 bits per heavy atom. The van der Waals surface area contributed by atoms with E-state index in [4.69, 9.17) is 0 Å². The summed E-state index contributed by atoms with van der Waals surface area (Å²) in [7, 11) is 0. The number of nitrogens with zero attached hydrogens (tertiary/aromatic N) is 1. The van der Waals surface area contributed by atoms with E-state index >= 15 is 0 Å². The fourth-order valence-corrected chi connectivity index (χ4v) is 2.19. The van der Waals surface area contributed by atoms with E-state index in [2.05, 4.69) is 43.5 Å². The number of rotatable bonds is 3. The number of carbonyl (C=O) groups is 1. The summed E-state index contributed by atoms with van der Waals surface area (Å²) in [5, 5.41) is 0. The van der Waals surface area contributed by atoms with Crippen molar-refractivity contribution in [1.82, 2.24) is 9.55 Å². The maximum Gasteiger partial charge on any atom is 0.328 e. The second-order valence-electron chi connectivity index (χ2n) is 3.79. The van der Waals surface area contributed by atoms with Crippen LogP contribution in [0, 0.1) is 3.57 Å². The summed E-state index contributed by atoms with van der Waals surface area (Å²) in [6.07, 6.45) is 1.31. The highest BCUT2D eigenvalue weighted by Gasteiger charge is 2.09. The summed E-state index contributed by atoms with van der Waals surface area (Å²) in [6.45, 7) is -0.116. The molecule has 0 saturated heterocycles. The van der Waals surface area contributed by atoms with Crippen LogP contribution in [0.1, 0.15) is 10.4 Å². The molecule has 0 saturated carbocycles. The third kappa shape index (κ3) is 3.41. The van der Waals surface area contributed by atoms with Crippen LogP contribution in [0.4, 0.5) is 0 Å². The zero-order valence-corrected chi connectivity index (χ0v) is 13.3. The van der Waals surface area contributed by atoms with Gasteiger partial charge in [-0.1, -0.05) is 12.1 Å². The van der Waals surface area contributed by atoms with E-state index in [1.54, 1.807) is 12.1 Å². The number of halogens is 2. The zero-order chi connectivity index (χ0) is 14.0. The standard InChI is InChI=1S/C12H8BrIN2O3/c13-9-5-16(12(19)15-11(9)18)6-10(17)7-1-3-8(14)4-2-7/h1-5H,6H2,(H,15,18,19). The molecular formula is C12H8BrIN2O3. The molecule has 1 aromatic carbocycles. The first kappa shape index (κ1) is 14.2. The molecule has 0 atom stereocenters. The van der Waals surface area contributed by atoms with E-state index in [-0.39, 0.29) is 16.8 Å². The van der Waals surface area contributed by atoms with Crippen molar-refractivity contribution in [1.29, 1.82) is 0 Å². The average molecular weight is 435 g/mol. The number of hydrogen-bond acceptors (Lipinski definition) is 3. The largest absolute Gasteiger partial charge is 0.328 e. The van der Waals surface area contributed by atoms with E-state index < -0.39 is 11.2 Å². The van der Waals surface area contributed by atoms with Gasteiger partial charge in [-0.25, -0.2) is 4.79 Å². The number of H-pyrrole nitrogens is 1. The lowest BCUT2D eigenvalue weighted by molar-refractivity contribution is 0.0970. The number of nitrogens with one attached hydrogen (secondary N) is 1. The quantitative estimate of drug-likeness (QED) is 0.591. The molecule has 19 heavy (non-hydrogen) atoms. The van der Waals surface area contributed by atoms with Crippen molar-refractivity contribution in [2.45, 2.75) is 6.54 Å². The Labute approximate surface area is 129 Å². The van der Waals surface area contributed by atoms with Gasteiger partial charge in [0, 0.05) is 15.3 Å². The molecule has 1 heterocycles. The molecule has 0 bridgehead atoms. The Morgan fingerprint density at radius 3 is 2.53 bits per heavy atom. The average Bonchev–Trinajstić information content (AvgIpc) is 2.36. The van der Waals surface area contributed by atoms with E-state index in [9.17, 15) is 14.4 Å². The topological polar surface area (TPSA) is 71.9 Å². The van der Waals surface area contributed by atoms with Crippen molar-refractivity contribution in [3.63, 3.8) is 0 Å². The van der Waals surface area contributed by atoms with Gasteiger partial charge in [-0.3, -0.25) is 19.1 Å². The number of ketones is 1. The SMILES string of the molecule is O=C(Cn1cc(Br)c(=O)[nH]c1=O)c1ccc(I)cc1. The van der Waals surface area contributed by atoms with Gasteiger partial charge in [-0.2, -0.15) is 0 Å². The number of carbonyl (C=O) groups excluding carboxylic acids is 1. The molecule has 98 valence electrons. The highest BCUT2D eigenvalue weighted by Crippen LogP contribution is 2.08. The van der Waals surface area contributed by atoms with E-state index in [0.29, 0.717) is 5.56 Å². The second-order valence-corrected chi connectivity index (χ2v) is 5.89. The summed E-state index contributed by atoms with van der Waals surface area (Å²) >= 11 is 5.16. The first-order valence-corrected chi connectivity index (χ1v) is 7.12. The molecule has 0 aliphatic rings. The van der Waals surface area contributed by atoms with E-state index in [1.165, 1.54) is 6.20 Å². The minimum Gasteiger partial charge on any atom is -0.292 e. The molecule has 0 radical (unpaired) electrons. The summed E-state index contributed by atoms with van der Waals surface area (Å²) in [5.41, 5.74) is -0.593. The lowest BCUT2D eigenvalue weighted by Crippen LogP contribution is -2.31. The molecule has 0 unspecified atom stereocenters. The van der Waals surface area contributed by atoms with Gasteiger partial charge in [-0.05, 0) is 50.7 Å². The van der Waals surface area contributed by atoms with Gasteiger partial charge in [0.2, 0.25) is 0 Å². The second kappa shape index (κ2) is 5.83. The molecule has 1 aromatic heterocycles. The maximum absolute atomic E-state index is 12.0. The fraction of sp³-hybridized carbons (Fsp3) is 0.0833. The van der Waals surface area contributed by atoms with Gasteiger partial charge >= 0.3 is 5.69 Å². The predicted octanol–water partition coefficient (Wildman–Crippen LogP) is 1.79. The Morgan fingerprint density at radius 1 is 1.26 bits per heavy atom. The van der Waals surface area contributed by atoms with Crippen LogP contribution >= 0.6 is 38.5 Å². The first-order chi connectivity index (χ1) is 8.97. The van der Waals surface area contributed by atoms with Crippen molar-refractivity contribution >= 4 is 44.3 Å². The molecule has 1 N–H and O–H groups in total. The van der Waals surface area contributed by atoms with Crippen LogP contribution in [0.2, 0.25) is 0 Å². The number of hydrogen-bond donors (Lipinski definition) is 1. The van der Waals surface area contributed by atoms with Gasteiger partial charge in [0.25, 0.3) is 5.56 Å². The van der Waals surface area contributed by atoms with Crippen molar-refractivity contribution < 1.29 is 4.79 Å². The molecule has 7 heteroatoms. The molecule has 5 nitrogen and oxygen atoms in total. The van der Waals surface area contributed by atoms with Crippen LogP contribution < -0.4 is 11.2 Å². The third-order valence-corrected chi connectivity index (χ3v) is 3.73. The lowest BCUT2D eigenvalue weighted by atomic mass is 10.1. The Hall–Kier alpha value is -1.22. The lowest BCUT2D eigenvalue weighted by Gasteiger charge is -2.05. The van der Waals surface area contributed by atoms with Crippen molar-refractivity contribution in [2.24, 2.45) is 0 Å². The van der Waals surface area contributed by atoms with Gasteiger partial charge in [0.1, 0.15) is 0 Å². The number of aromatic amines is 1. The Balaban J connectivity index is 2.29. The number of benzene rings is 1. The zero-order valence-electron chi connectivity index (χ0n) is 9.52. The van der Waals surface area contributed by atoms with Crippen molar-refractivity contribution in [3.8, 4) is 0 Å². The molecule has 0 aliphatic heterocycles. The maximum atomic E-state index is 12.0. The van der Waals surface area contributed by atoms with Crippen LogP contribution in [0.5, 0.6) is 0 Å². The minimum absolute atomic E-state index is 0.116. The Kier molecular flexibility index (Phi) is 4.35. The monoisotopic (exact) mass is 434 g/mol. The molecule has 0 aliphatic carbocycles. The summed E-state index contributed by atoms with van der Waals surface area (Å²) in [6, 6.07) is 7.05. The molecular weight excluding hydrogens is 427 g/mol. The van der Waals surface area contributed by atoms with Crippen molar-refractivity contribution in [2.75, 3.05) is 0 Å². The van der Waals surface area contributed by atoms with E-state index in [1.807, 2.05) is 12.1 Å². The normalized spacial score (nSPS) is 10.4. The molecule has 0 amide bonds. The molecule has 0 fully saturated rings. The van der Waals surface area contributed by atoms with E-state index in [0.717, 1.165) is 8.14 Å². The number of aromatic nitrogens is 2. The van der Waals surface area contributed by atoms with Crippen LogP contribution in [0.3, 0.4) is 0 Å². The Bertz CT molecular complexity index is 734. The highest BCUT2D eigenvalue weighted by atomic mass is 127. The fourth-order valence-electron chi connectivity index (χ4n) is 1.48. The summed E-state index contributed by atoms with van der Waals surface area (Å²) < 4.78 is 2.40. The predicted molar refractivity (Wildman–Crippen MR) is 82.5 cm³/mol. The van der Waals surface area contributed by atoms with Crippen LogP contribution in [-0.2, 0) is 6.54 Å². The van der Waals surface area contributed by atoms with Gasteiger partial charge in [0.15, 0.2) is 5.78 Å². The summed E-state index contributed by atoms with van der Waals surface area (Å²) in [4.78, 5) is 36.9. The molecule has 0 spiro atoms. The van der Waals surface area contributed by atoms with Crippen LogP contribution in [0.15, 0.2) is 44.5 Å². The smallest absolute Gasteiger partial charge is 0.292 e. The van der Waals surface area contributed by atoms with Gasteiger partial charge < -0.3 is 0 Å². The van der Waals surface area contributed by atoms with Crippen molar-refractivity contribution in [3.05, 3.63) is 64.9 Å². The highest BCUT2D eigenvalue weighted by molar-refractivity contribution is 14.1. The molecule has 2 rings (SSSR count). The molecule has 2 aromatic rings. The van der Waals surface area contributed by atoms with Crippen LogP contribution in [0.25, 0.3) is 0 Å². The number of Topliss-reactive ketones (excluding diaryl/α,β-unsaturated/α-hetero) is 1. The third-order valence-electron chi connectivity index (χ3n) is 2.45.